The first-order valence-electron chi connectivity index (χ1n) is 8.82. The van der Waals surface area contributed by atoms with Gasteiger partial charge in [-0.2, -0.15) is 0 Å². The molecular weight excluding hydrogens is 363 g/mol. The van der Waals surface area contributed by atoms with Gasteiger partial charge in [0.2, 0.25) is 5.91 Å². The summed E-state index contributed by atoms with van der Waals surface area (Å²) in [5, 5.41) is 5.33. The molecule has 0 unspecified atom stereocenters. The number of halogens is 2. The van der Waals surface area contributed by atoms with Crippen LogP contribution < -0.4 is 5.32 Å². The van der Waals surface area contributed by atoms with Crippen molar-refractivity contribution in [2.24, 2.45) is 0 Å². The van der Waals surface area contributed by atoms with Crippen molar-refractivity contribution in [1.82, 2.24) is 4.57 Å². The van der Waals surface area contributed by atoms with Crippen LogP contribution in [0.5, 0.6) is 0 Å². The van der Waals surface area contributed by atoms with Crippen LogP contribution in [-0.2, 0) is 17.8 Å². The first kappa shape index (κ1) is 17.6. The number of aromatic nitrogens is 1. The molecule has 0 bridgehead atoms. The van der Waals surface area contributed by atoms with E-state index in [0.29, 0.717) is 5.69 Å². The average molecular weight is 381 g/mol. The highest BCUT2D eigenvalue weighted by atomic mass is 35.5. The predicted octanol–water partition coefficient (Wildman–Crippen LogP) is 5.79. The Morgan fingerprint density at radius 3 is 2.59 bits per heavy atom. The van der Waals surface area contributed by atoms with Crippen LogP contribution in [-0.4, -0.2) is 10.5 Å². The molecule has 4 aromatic rings. The van der Waals surface area contributed by atoms with Gasteiger partial charge in [-0.1, -0.05) is 35.9 Å². The number of hydrogen-bond acceptors (Lipinski definition) is 1. The van der Waals surface area contributed by atoms with Gasteiger partial charge in [0.25, 0.3) is 0 Å². The van der Waals surface area contributed by atoms with Crippen LogP contribution in [0.1, 0.15) is 12.5 Å². The van der Waals surface area contributed by atoms with E-state index in [0.717, 1.165) is 28.4 Å². The number of para-hydroxylation sites is 1. The molecule has 3 aromatic carbocycles. The maximum atomic E-state index is 13.9. The molecule has 1 aromatic heterocycles. The largest absolute Gasteiger partial charge is 0.341 e. The summed E-state index contributed by atoms with van der Waals surface area (Å²) in [4.78, 5) is 12.4. The van der Waals surface area contributed by atoms with Gasteiger partial charge in [0, 0.05) is 44.6 Å². The number of hydrogen-bond donors (Lipinski definition) is 1. The fraction of sp³-hybridized carbons (Fsp3) is 0.136. The SMILES string of the molecule is CCn1c2ccccc2c2cc(NC(=O)Cc3c(F)cccc3Cl)ccc21. The third-order valence-corrected chi connectivity index (χ3v) is 5.13. The Hall–Kier alpha value is -2.85. The monoisotopic (exact) mass is 380 g/mol. The molecule has 0 saturated carbocycles. The van der Waals surface area contributed by atoms with Gasteiger partial charge in [-0.25, -0.2) is 4.39 Å². The van der Waals surface area contributed by atoms with Gasteiger partial charge in [0.05, 0.1) is 6.42 Å². The van der Waals surface area contributed by atoms with E-state index in [1.54, 1.807) is 6.07 Å². The van der Waals surface area contributed by atoms with E-state index in [1.165, 1.54) is 12.1 Å². The fourth-order valence-corrected chi connectivity index (χ4v) is 3.77. The molecule has 27 heavy (non-hydrogen) atoms. The zero-order valence-corrected chi connectivity index (χ0v) is 15.6. The highest BCUT2D eigenvalue weighted by Gasteiger charge is 2.14. The summed E-state index contributed by atoms with van der Waals surface area (Å²) in [5.74, 6) is -0.778. The Balaban J connectivity index is 1.67. The number of anilines is 1. The van der Waals surface area contributed by atoms with Gasteiger partial charge in [-0.05, 0) is 43.3 Å². The highest BCUT2D eigenvalue weighted by Crippen LogP contribution is 2.31. The summed E-state index contributed by atoms with van der Waals surface area (Å²) in [6.45, 7) is 2.97. The molecule has 1 heterocycles. The molecule has 0 fully saturated rings. The Bertz CT molecular complexity index is 1150. The van der Waals surface area contributed by atoms with Crippen molar-refractivity contribution in [2.45, 2.75) is 19.9 Å². The molecule has 0 aliphatic heterocycles. The van der Waals surface area contributed by atoms with Crippen molar-refractivity contribution in [1.29, 1.82) is 0 Å². The van der Waals surface area contributed by atoms with E-state index in [-0.39, 0.29) is 22.9 Å². The van der Waals surface area contributed by atoms with E-state index < -0.39 is 5.82 Å². The zero-order chi connectivity index (χ0) is 19.0. The first-order chi connectivity index (χ1) is 13.1. The molecule has 0 spiro atoms. The zero-order valence-electron chi connectivity index (χ0n) is 14.8. The van der Waals surface area contributed by atoms with Crippen molar-refractivity contribution < 1.29 is 9.18 Å². The second-order valence-electron chi connectivity index (χ2n) is 6.42. The van der Waals surface area contributed by atoms with Crippen molar-refractivity contribution in [3.8, 4) is 0 Å². The molecule has 1 amide bonds. The van der Waals surface area contributed by atoms with Gasteiger partial charge in [-0.15, -0.1) is 0 Å². The molecule has 0 aliphatic carbocycles. The second kappa shape index (κ2) is 7.05. The summed E-state index contributed by atoms with van der Waals surface area (Å²) >= 11 is 6.02. The number of amides is 1. The Morgan fingerprint density at radius 2 is 1.81 bits per heavy atom. The van der Waals surface area contributed by atoms with E-state index >= 15 is 0 Å². The normalized spacial score (nSPS) is 11.2. The van der Waals surface area contributed by atoms with E-state index in [9.17, 15) is 9.18 Å². The quantitative estimate of drug-likeness (QED) is 0.477. The smallest absolute Gasteiger partial charge is 0.228 e. The molecule has 0 radical (unpaired) electrons. The maximum Gasteiger partial charge on any atom is 0.228 e. The van der Waals surface area contributed by atoms with Crippen molar-refractivity contribution in [3.05, 3.63) is 77.1 Å². The number of fused-ring (bicyclic) bond motifs is 3. The molecule has 0 aliphatic rings. The fourth-order valence-electron chi connectivity index (χ4n) is 3.54. The lowest BCUT2D eigenvalue weighted by atomic mass is 10.1. The predicted molar refractivity (Wildman–Crippen MR) is 109 cm³/mol. The minimum atomic E-state index is -0.473. The number of carbonyl (C=O) groups excluding carboxylic acids is 1. The van der Waals surface area contributed by atoms with E-state index in [4.69, 9.17) is 11.6 Å². The maximum absolute atomic E-state index is 13.9. The molecule has 0 atom stereocenters. The number of nitrogens with one attached hydrogen (secondary N) is 1. The lowest BCUT2D eigenvalue weighted by Crippen LogP contribution is -2.15. The number of rotatable bonds is 4. The Labute approximate surface area is 161 Å². The van der Waals surface area contributed by atoms with Crippen LogP contribution in [0, 0.1) is 5.82 Å². The standard InChI is InChI=1S/C22H18ClFN2O/c1-2-26-20-9-4-3-6-15(20)16-12-14(10-11-21(16)26)25-22(27)13-17-18(23)7-5-8-19(17)24/h3-12H,2,13H2,1H3,(H,25,27). The summed E-state index contributed by atoms with van der Waals surface area (Å²) in [7, 11) is 0. The van der Waals surface area contributed by atoms with Gasteiger partial charge in [0.15, 0.2) is 0 Å². The minimum absolute atomic E-state index is 0.111. The molecule has 4 rings (SSSR count). The number of benzene rings is 3. The second-order valence-corrected chi connectivity index (χ2v) is 6.83. The minimum Gasteiger partial charge on any atom is -0.341 e. The molecule has 5 heteroatoms. The van der Waals surface area contributed by atoms with Crippen molar-refractivity contribution >= 4 is 45.0 Å². The Morgan fingerprint density at radius 1 is 1.04 bits per heavy atom. The van der Waals surface area contributed by atoms with Gasteiger partial charge < -0.3 is 9.88 Å². The first-order valence-corrected chi connectivity index (χ1v) is 9.20. The Kier molecular flexibility index (Phi) is 4.58. The van der Waals surface area contributed by atoms with Crippen LogP contribution in [0.15, 0.2) is 60.7 Å². The van der Waals surface area contributed by atoms with Crippen LogP contribution >= 0.6 is 11.6 Å². The summed E-state index contributed by atoms with van der Waals surface area (Å²) in [6, 6.07) is 18.5. The summed E-state index contributed by atoms with van der Waals surface area (Å²) < 4.78 is 16.2. The van der Waals surface area contributed by atoms with Gasteiger partial charge >= 0.3 is 0 Å². The van der Waals surface area contributed by atoms with Crippen LogP contribution in [0.25, 0.3) is 21.8 Å². The van der Waals surface area contributed by atoms with Gasteiger partial charge in [0.1, 0.15) is 5.82 Å². The highest BCUT2D eigenvalue weighted by molar-refractivity contribution is 6.31. The third-order valence-electron chi connectivity index (χ3n) is 4.77. The van der Waals surface area contributed by atoms with Crippen LogP contribution in [0.2, 0.25) is 5.02 Å². The lowest BCUT2D eigenvalue weighted by Gasteiger charge is -2.08. The van der Waals surface area contributed by atoms with Crippen LogP contribution in [0.3, 0.4) is 0 Å². The average Bonchev–Trinajstić information content (AvgIpc) is 2.98. The number of carbonyl (C=O) groups is 1. The lowest BCUT2D eigenvalue weighted by molar-refractivity contribution is -0.115. The van der Waals surface area contributed by atoms with Crippen molar-refractivity contribution in [3.63, 3.8) is 0 Å². The molecular formula is C22H18ClFN2O. The summed E-state index contributed by atoms with van der Waals surface area (Å²) in [5.41, 5.74) is 3.17. The molecule has 3 nitrogen and oxygen atoms in total. The number of nitrogens with zero attached hydrogens (tertiary/aromatic N) is 1. The van der Waals surface area contributed by atoms with Crippen LogP contribution in [0.4, 0.5) is 10.1 Å². The summed E-state index contributed by atoms with van der Waals surface area (Å²) in [6.07, 6.45) is -0.111. The van der Waals surface area contributed by atoms with Gasteiger partial charge in [-0.3, -0.25) is 4.79 Å². The topological polar surface area (TPSA) is 34.0 Å². The van der Waals surface area contributed by atoms with Crippen molar-refractivity contribution in [2.75, 3.05) is 5.32 Å². The molecule has 1 N–H and O–H groups in total. The van der Waals surface area contributed by atoms with E-state index in [2.05, 4.69) is 28.9 Å². The molecule has 136 valence electrons. The van der Waals surface area contributed by atoms with E-state index in [1.807, 2.05) is 30.3 Å². The number of aryl methyl sites for hydroxylation is 1. The third kappa shape index (κ3) is 3.17. The molecule has 0 saturated heterocycles.